The average Bonchev–Trinajstić information content (AvgIpc) is 3.12. The van der Waals surface area contributed by atoms with Crippen molar-refractivity contribution in [3.8, 4) is 0 Å². The smallest absolute Gasteiger partial charge is 0.268 e. The Labute approximate surface area is 180 Å². The minimum Gasteiger partial charge on any atom is -0.347 e. The van der Waals surface area contributed by atoms with Gasteiger partial charge in [0.2, 0.25) is 0 Å². The number of sulfone groups is 1. The summed E-state index contributed by atoms with van der Waals surface area (Å²) in [7, 11) is -3.27. The molecule has 0 aliphatic heterocycles. The number of carbonyl (C=O) groups excluding carboxylic acids is 1. The number of amides is 1. The molecule has 1 N–H and O–H groups in total. The number of aromatic nitrogens is 1. The molecule has 4 rings (SSSR count). The predicted molar refractivity (Wildman–Crippen MR) is 118 cm³/mol. The van der Waals surface area contributed by atoms with Crippen LogP contribution in [0, 0.1) is 5.82 Å². The first-order chi connectivity index (χ1) is 14.8. The van der Waals surface area contributed by atoms with Gasteiger partial charge in [-0.15, -0.1) is 0 Å². The summed E-state index contributed by atoms with van der Waals surface area (Å²) in [6.07, 6.45) is 1.15. The summed E-state index contributed by atoms with van der Waals surface area (Å²) < 4.78 is 39.2. The molecule has 0 aliphatic rings. The third-order valence-electron chi connectivity index (χ3n) is 5.13. The minimum atomic E-state index is -3.27. The zero-order valence-corrected chi connectivity index (χ0v) is 17.7. The summed E-state index contributed by atoms with van der Waals surface area (Å²) in [6.45, 7) is 0.468. The van der Waals surface area contributed by atoms with Crippen LogP contribution in [0.3, 0.4) is 0 Å². The highest BCUT2D eigenvalue weighted by Gasteiger charge is 2.17. The number of rotatable bonds is 6. The molecule has 0 unspecified atom stereocenters. The molecule has 1 heterocycles. The van der Waals surface area contributed by atoms with E-state index in [1.165, 1.54) is 18.2 Å². The zero-order chi connectivity index (χ0) is 22.0. The first-order valence-electron chi connectivity index (χ1n) is 9.72. The van der Waals surface area contributed by atoms with E-state index in [0.29, 0.717) is 11.3 Å². The van der Waals surface area contributed by atoms with Crippen molar-refractivity contribution in [1.82, 2.24) is 9.88 Å². The quantitative estimate of drug-likeness (QED) is 0.493. The van der Waals surface area contributed by atoms with E-state index >= 15 is 0 Å². The third kappa shape index (κ3) is 4.51. The summed E-state index contributed by atoms with van der Waals surface area (Å²) in [5, 5.41) is 3.76. The molecule has 0 bridgehead atoms. The summed E-state index contributed by atoms with van der Waals surface area (Å²) >= 11 is 0. The highest BCUT2D eigenvalue weighted by molar-refractivity contribution is 7.90. The van der Waals surface area contributed by atoms with Crippen LogP contribution in [0.2, 0.25) is 0 Å². The summed E-state index contributed by atoms with van der Waals surface area (Å²) in [4.78, 5) is 13.2. The van der Waals surface area contributed by atoms with Crippen molar-refractivity contribution in [2.45, 2.75) is 18.0 Å². The summed E-state index contributed by atoms with van der Waals surface area (Å²) in [5.74, 6) is -0.614. The number of para-hydroxylation sites is 1. The molecule has 7 heteroatoms. The van der Waals surface area contributed by atoms with Crippen molar-refractivity contribution in [2.75, 3.05) is 6.26 Å². The second-order valence-electron chi connectivity index (χ2n) is 7.36. The molecule has 0 fully saturated rings. The highest BCUT2D eigenvalue weighted by atomic mass is 32.2. The maximum atomic E-state index is 14.2. The van der Waals surface area contributed by atoms with Crippen LogP contribution in [0.1, 0.15) is 21.6 Å². The fraction of sp³-hybridized carbons (Fsp3) is 0.125. The van der Waals surface area contributed by atoms with Gasteiger partial charge in [-0.3, -0.25) is 4.79 Å². The van der Waals surface area contributed by atoms with Gasteiger partial charge in [0.15, 0.2) is 9.84 Å². The topological polar surface area (TPSA) is 68.2 Å². The van der Waals surface area contributed by atoms with Crippen LogP contribution in [0.5, 0.6) is 0 Å². The summed E-state index contributed by atoms with van der Waals surface area (Å²) in [6, 6.07) is 22.3. The molecule has 0 radical (unpaired) electrons. The number of carbonyl (C=O) groups is 1. The van der Waals surface area contributed by atoms with Gasteiger partial charge in [-0.25, -0.2) is 12.8 Å². The van der Waals surface area contributed by atoms with Crippen molar-refractivity contribution in [1.29, 1.82) is 0 Å². The van der Waals surface area contributed by atoms with Crippen molar-refractivity contribution >= 4 is 26.6 Å². The third-order valence-corrected chi connectivity index (χ3v) is 6.26. The predicted octanol–water partition coefficient (Wildman–Crippen LogP) is 4.16. The molecule has 3 aromatic carbocycles. The Hall–Kier alpha value is -3.45. The number of hydrogen-bond donors (Lipinski definition) is 1. The number of fused-ring (bicyclic) bond motifs is 1. The summed E-state index contributed by atoms with van der Waals surface area (Å²) in [5.41, 5.74) is 2.54. The standard InChI is InChI=1S/C24H21FN2O3S/c1-31(29,30)20-12-10-17(11-13-20)15-26-24(28)23-14-18-6-3-5-9-22(18)27(23)16-19-7-2-4-8-21(19)25/h2-14H,15-16H2,1H3,(H,26,28). The number of nitrogens with zero attached hydrogens (tertiary/aromatic N) is 1. The van der Waals surface area contributed by atoms with Crippen molar-refractivity contribution in [3.05, 3.63) is 102 Å². The van der Waals surface area contributed by atoms with Gasteiger partial charge in [0.1, 0.15) is 11.5 Å². The molecule has 5 nitrogen and oxygen atoms in total. The van der Waals surface area contributed by atoms with E-state index in [9.17, 15) is 17.6 Å². The van der Waals surface area contributed by atoms with Gasteiger partial charge in [-0.2, -0.15) is 0 Å². The van der Waals surface area contributed by atoms with Crippen molar-refractivity contribution in [2.24, 2.45) is 0 Å². The monoisotopic (exact) mass is 436 g/mol. The van der Waals surface area contributed by atoms with E-state index in [1.807, 2.05) is 24.3 Å². The molecule has 0 saturated heterocycles. The molecule has 0 saturated carbocycles. The van der Waals surface area contributed by atoms with Gasteiger partial charge < -0.3 is 9.88 Å². The largest absolute Gasteiger partial charge is 0.347 e. The van der Waals surface area contributed by atoms with Gasteiger partial charge in [-0.1, -0.05) is 48.5 Å². The lowest BCUT2D eigenvalue weighted by Gasteiger charge is -2.12. The number of hydrogen-bond acceptors (Lipinski definition) is 3. The van der Waals surface area contributed by atoms with Crippen molar-refractivity contribution in [3.63, 3.8) is 0 Å². The second-order valence-corrected chi connectivity index (χ2v) is 9.38. The minimum absolute atomic E-state index is 0.228. The highest BCUT2D eigenvalue weighted by Crippen LogP contribution is 2.22. The van der Waals surface area contributed by atoms with Gasteiger partial charge >= 0.3 is 0 Å². The Morgan fingerprint density at radius 2 is 1.65 bits per heavy atom. The Morgan fingerprint density at radius 1 is 0.968 bits per heavy atom. The lowest BCUT2D eigenvalue weighted by molar-refractivity contribution is 0.0942. The van der Waals surface area contributed by atoms with Crippen LogP contribution in [0.15, 0.2) is 83.8 Å². The molecule has 0 aliphatic carbocycles. The van der Waals surface area contributed by atoms with Crippen LogP contribution in [0.4, 0.5) is 4.39 Å². The zero-order valence-electron chi connectivity index (χ0n) is 16.9. The lowest BCUT2D eigenvalue weighted by atomic mass is 10.2. The number of nitrogens with one attached hydrogen (secondary N) is 1. The molecule has 4 aromatic rings. The maximum absolute atomic E-state index is 14.2. The molecule has 0 spiro atoms. The van der Waals surface area contributed by atoms with Crippen LogP contribution in [-0.2, 0) is 22.9 Å². The Morgan fingerprint density at radius 3 is 2.35 bits per heavy atom. The fourth-order valence-electron chi connectivity index (χ4n) is 3.49. The molecule has 158 valence electrons. The SMILES string of the molecule is CS(=O)(=O)c1ccc(CNC(=O)c2cc3ccccc3n2Cc2ccccc2F)cc1. The van der Waals surface area contributed by atoms with Gasteiger partial charge in [0, 0.05) is 29.3 Å². The van der Waals surface area contributed by atoms with E-state index in [-0.39, 0.29) is 29.7 Å². The maximum Gasteiger partial charge on any atom is 0.268 e. The Kier molecular flexibility index (Phi) is 5.61. The van der Waals surface area contributed by atoms with Crippen LogP contribution >= 0.6 is 0 Å². The van der Waals surface area contributed by atoms with E-state index in [0.717, 1.165) is 22.7 Å². The van der Waals surface area contributed by atoms with Crippen molar-refractivity contribution < 1.29 is 17.6 Å². The molecule has 0 atom stereocenters. The van der Waals surface area contributed by atoms with Crippen LogP contribution in [0.25, 0.3) is 10.9 Å². The van der Waals surface area contributed by atoms with E-state index in [2.05, 4.69) is 5.32 Å². The first kappa shape index (κ1) is 20.8. The van der Waals surface area contributed by atoms with Crippen LogP contribution < -0.4 is 5.32 Å². The Bertz CT molecular complexity index is 1360. The van der Waals surface area contributed by atoms with Crippen LogP contribution in [-0.4, -0.2) is 25.1 Å². The molecule has 31 heavy (non-hydrogen) atoms. The number of halogens is 1. The van der Waals surface area contributed by atoms with E-state index in [1.54, 1.807) is 41.0 Å². The first-order valence-corrected chi connectivity index (χ1v) is 11.6. The molecule has 1 aromatic heterocycles. The normalized spacial score (nSPS) is 11.5. The van der Waals surface area contributed by atoms with Gasteiger partial charge in [0.05, 0.1) is 11.4 Å². The molecule has 1 amide bonds. The van der Waals surface area contributed by atoms with Gasteiger partial charge in [-0.05, 0) is 35.9 Å². The van der Waals surface area contributed by atoms with E-state index < -0.39 is 9.84 Å². The second kappa shape index (κ2) is 8.35. The fourth-order valence-corrected chi connectivity index (χ4v) is 4.12. The van der Waals surface area contributed by atoms with Gasteiger partial charge in [0.25, 0.3) is 5.91 Å². The molecular weight excluding hydrogens is 415 g/mol. The molecular formula is C24H21FN2O3S. The Balaban J connectivity index is 1.60. The lowest BCUT2D eigenvalue weighted by Crippen LogP contribution is -2.25. The number of benzene rings is 3. The average molecular weight is 437 g/mol. The van der Waals surface area contributed by atoms with E-state index in [4.69, 9.17) is 0 Å².